The molecule has 2 nitrogen and oxygen atoms in total. The molecule has 108 valence electrons. The second-order valence-electron chi connectivity index (χ2n) is 5.50. The Morgan fingerprint density at radius 1 is 1.05 bits per heavy atom. The van der Waals surface area contributed by atoms with Gasteiger partial charge in [0.05, 0.1) is 0 Å². The molecule has 20 heavy (non-hydrogen) atoms. The first-order valence-corrected chi connectivity index (χ1v) is 7.62. The number of hydrogen-bond donors (Lipinski definition) is 2. The lowest BCUT2D eigenvalue weighted by Crippen LogP contribution is -2.34. The highest BCUT2D eigenvalue weighted by molar-refractivity contribution is 5.83. The molecule has 0 amide bonds. The van der Waals surface area contributed by atoms with E-state index < -0.39 is 6.23 Å². The van der Waals surface area contributed by atoms with Gasteiger partial charge in [-0.15, -0.1) is 0 Å². The molecule has 0 saturated carbocycles. The van der Waals surface area contributed by atoms with E-state index in [0.717, 1.165) is 13.0 Å². The predicted molar refractivity (Wildman–Crippen MR) is 85.9 cm³/mol. The van der Waals surface area contributed by atoms with Crippen LogP contribution in [0.4, 0.5) is 0 Å². The third-order valence-electron chi connectivity index (χ3n) is 3.91. The zero-order valence-electron chi connectivity index (χ0n) is 12.5. The number of aliphatic hydroxyl groups is 1. The minimum Gasteiger partial charge on any atom is -0.378 e. The van der Waals surface area contributed by atoms with E-state index in [9.17, 15) is 5.11 Å². The first kappa shape index (κ1) is 15.0. The summed E-state index contributed by atoms with van der Waals surface area (Å²) in [6.45, 7) is 5.14. The van der Waals surface area contributed by atoms with E-state index in [1.807, 2.05) is 0 Å². The van der Waals surface area contributed by atoms with Gasteiger partial charge >= 0.3 is 0 Å². The maximum atomic E-state index is 10.2. The molecule has 0 aliphatic heterocycles. The van der Waals surface area contributed by atoms with Crippen LogP contribution in [0.1, 0.15) is 44.6 Å². The van der Waals surface area contributed by atoms with Gasteiger partial charge in [-0.25, -0.2) is 0 Å². The number of unbranched alkanes of at least 4 members (excludes halogenated alkanes) is 2. The number of fused-ring (bicyclic) bond motifs is 1. The van der Waals surface area contributed by atoms with Gasteiger partial charge in [0.2, 0.25) is 0 Å². The van der Waals surface area contributed by atoms with Crippen molar-refractivity contribution in [2.75, 3.05) is 6.54 Å². The average Bonchev–Trinajstić information content (AvgIpc) is 2.50. The zero-order valence-corrected chi connectivity index (χ0v) is 12.5. The van der Waals surface area contributed by atoms with Crippen LogP contribution in [0.5, 0.6) is 0 Å². The third-order valence-corrected chi connectivity index (χ3v) is 3.91. The maximum Gasteiger partial charge on any atom is 0.111 e. The highest BCUT2D eigenvalue weighted by Gasteiger charge is 2.15. The van der Waals surface area contributed by atoms with Gasteiger partial charge < -0.3 is 5.11 Å². The molecular formula is C18H25NO. The molecule has 0 aliphatic rings. The molecule has 2 unspecified atom stereocenters. The normalized spacial score (nSPS) is 14.3. The van der Waals surface area contributed by atoms with Gasteiger partial charge in [0.25, 0.3) is 0 Å². The summed E-state index contributed by atoms with van der Waals surface area (Å²) in [7, 11) is 0. The Hall–Kier alpha value is -1.38. The Labute approximate surface area is 121 Å². The number of hydrogen-bond acceptors (Lipinski definition) is 2. The molecule has 2 aromatic rings. The summed E-state index contributed by atoms with van der Waals surface area (Å²) in [5, 5.41) is 15.9. The second kappa shape index (κ2) is 7.41. The van der Waals surface area contributed by atoms with Crippen LogP contribution in [-0.4, -0.2) is 17.9 Å². The minimum atomic E-state index is -0.479. The van der Waals surface area contributed by atoms with Crippen LogP contribution >= 0.6 is 0 Å². The Kier molecular flexibility index (Phi) is 5.57. The third kappa shape index (κ3) is 3.81. The number of rotatable bonds is 7. The Balaban J connectivity index is 2.00. The SMILES string of the molecule is CCCCCNC(O)C(C)c1ccc2ccccc2c1. The van der Waals surface area contributed by atoms with E-state index in [1.165, 1.54) is 29.2 Å². The van der Waals surface area contributed by atoms with Gasteiger partial charge in [-0.05, 0) is 29.3 Å². The van der Waals surface area contributed by atoms with E-state index in [1.54, 1.807) is 0 Å². The summed E-state index contributed by atoms with van der Waals surface area (Å²) in [6, 6.07) is 14.8. The van der Waals surface area contributed by atoms with Crippen molar-refractivity contribution in [3.05, 3.63) is 48.0 Å². The van der Waals surface area contributed by atoms with Gasteiger partial charge in [0, 0.05) is 5.92 Å². The van der Waals surface area contributed by atoms with Crippen molar-refractivity contribution < 1.29 is 5.11 Å². The van der Waals surface area contributed by atoms with Gasteiger partial charge in [-0.2, -0.15) is 0 Å². The first-order valence-electron chi connectivity index (χ1n) is 7.62. The molecule has 0 saturated heterocycles. The molecule has 0 fully saturated rings. The monoisotopic (exact) mass is 271 g/mol. The summed E-state index contributed by atoms with van der Waals surface area (Å²) in [5.41, 5.74) is 1.18. The zero-order chi connectivity index (χ0) is 14.4. The van der Waals surface area contributed by atoms with Crippen molar-refractivity contribution >= 4 is 10.8 Å². The van der Waals surface area contributed by atoms with Gasteiger partial charge in [-0.3, -0.25) is 5.32 Å². The van der Waals surface area contributed by atoms with E-state index in [4.69, 9.17) is 0 Å². The van der Waals surface area contributed by atoms with Gasteiger partial charge in [0.15, 0.2) is 0 Å². The summed E-state index contributed by atoms with van der Waals surface area (Å²) >= 11 is 0. The molecule has 2 rings (SSSR count). The quantitative estimate of drug-likeness (QED) is 0.588. The molecule has 0 spiro atoms. The number of nitrogens with one attached hydrogen (secondary N) is 1. The summed E-state index contributed by atoms with van der Waals surface area (Å²) < 4.78 is 0. The molecule has 0 aromatic heterocycles. The second-order valence-corrected chi connectivity index (χ2v) is 5.50. The average molecular weight is 271 g/mol. The fourth-order valence-electron chi connectivity index (χ4n) is 2.48. The van der Waals surface area contributed by atoms with Crippen molar-refractivity contribution in [2.45, 2.75) is 45.3 Å². The topological polar surface area (TPSA) is 32.3 Å². The summed E-state index contributed by atoms with van der Waals surface area (Å²) in [6.07, 6.45) is 3.06. The summed E-state index contributed by atoms with van der Waals surface area (Å²) in [4.78, 5) is 0. The van der Waals surface area contributed by atoms with Gasteiger partial charge in [-0.1, -0.05) is 69.2 Å². The Bertz CT molecular complexity index is 538. The molecule has 2 aromatic carbocycles. The standard InChI is InChI=1S/C18H25NO/c1-3-4-7-12-19-18(20)14(2)16-11-10-15-8-5-6-9-17(15)13-16/h5-6,8-11,13-14,18-20H,3-4,7,12H2,1-2H3. The lowest BCUT2D eigenvalue weighted by atomic mass is 9.96. The van der Waals surface area contributed by atoms with E-state index in [2.05, 4.69) is 61.6 Å². The van der Waals surface area contributed by atoms with Crippen molar-refractivity contribution in [1.29, 1.82) is 0 Å². The molecule has 2 atom stereocenters. The molecule has 0 heterocycles. The molecule has 0 bridgehead atoms. The van der Waals surface area contributed by atoms with Crippen LogP contribution in [0.25, 0.3) is 10.8 Å². The molecule has 0 radical (unpaired) electrons. The van der Waals surface area contributed by atoms with Crippen LogP contribution in [0, 0.1) is 0 Å². The van der Waals surface area contributed by atoms with Crippen LogP contribution in [0.2, 0.25) is 0 Å². The van der Waals surface area contributed by atoms with Crippen molar-refractivity contribution in [1.82, 2.24) is 5.32 Å². The molecule has 0 aliphatic carbocycles. The van der Waals surface area contributed by atoms with Crippen LogP contribution in [0.15, 0.2) is 42.5 Å². The van der Waals surface area contributed by atoms with E-state index in [0.29, 0.717) is 0 Å². The Morgan fingerprint density at radius 2 is 1.80 bits per heavy atom. The first-order chi connectivity index (χ1) is 9.72. The fourth-order valence-corrected chi connectivity index (χ4v) is 2.48. The molecule has 2 heteroatoms. The highest BCUT2D eigenvalue weighted by atomic mass is 16.3. The van der Waals surface area contributed by atoms with Crippen molar-refractivity contribution in [2.24, 2.45) is 0 Å². The van der Waals surface area contributed by atoms with Crippen LogP contribution in [0.3, 0.4) is 0 Å². The lowest BCUT2D eigenvalue weighted by Gasteiger charge is -2.21. The number of aliphatic hydroxyl groups excluding tert-OH is 1. The smallest absolute Gasteiger partial charge is 0.111 e. The van der Waals surface area contributed by atoms with Crippen molar-refractivity contribution in [3.63, 3.8) is 0 Å². The van der Waals surface area contributed by atoms with E-state index in [-0.39, 0.29) is 5.92 Å². The van der Waals surface area contributed by atoms with E-state index >= 15 is 0 Å². The van der Waals surface area contributed by atoms with Crippen molar-refractivity contribution in [3.8, 4) is 0 Å². The highest BCUT2D eigenvalue weighted by Crippen LogP contribution is 2.23. The molecular weight excluding hydrogens is 246 g/mol. The number of benzene rings is 2. The maximum absolute atomic E-state index is 10.2. The Morgan fingerprint density at radius 3 is 2.55 bits per heavy atom. The largest absolute Gasteiger partial charge is 0.378 e. The summed E-state index contributed by atoms with van der Waals surface area (Å²) in [5.74, 6) is 0.0984. The van der Waals surface area contributed by atoms with Crippen LogP contribution < -0.4 is 5.32 Å². The fraction of sp³-hybridized carbons (Fsp3) is 0.444. The van der Waals surface area contributed by atoms with Crippen LogP contribution in [-0.2, 0) is 0 Å². The van der Waals surface area contributed by atoms with Gasteiger partial charge in [0.1, 0.15) is 6.23 Å². The lowest BCUT2D eigenvalue weighted by molar-refractivity contribution is 0.113. The minimum absolute atomic E-state index is 0.0984. The molecule has 2 N–H and O–H groups in total. The predicted octanol–water partition coefficient (Wildman–Crippen LogP) is 4.04.